The van der Waals surface area contributed by atoms with Gasteiger partial charge in [0.1, 0.15) is 5.41 Å². The van der Waals surface area contributed by atoms with Crippen LogP contribution in [0.2, 0.25) is 0 Å². The first-order chi connectivity index (χ1) is 7.15. The maximum Gasteiger partial charge on any atom is 0.315 e. The molecule has 0 amide bonds. The van der Waals surface area contributed by atoms with Crippen LogP contribution in [-0.4, -0.2) is 16.1 Å². The summed E-state index contributed by atoms with van der Waals surface area (Å²) < 4.78 is 0. The maximum atomic E-state index is 11.5. The first-order valence-electron chi connectivity index (χ1n) is 5.54. The van der Waals surface area contributed by atoms with E-state index in [9.17, 15) is 9.90 Å². The monoisotopic (exact) mass is 207 g/mol. The standard InChI is InChI=1S/C12H17NO2/c1-9-7-10(13-8-9)12(11(14)15)5-3-2-4-6-12/h7-8,13H,2-6H2,1H3,(H,14,15). The Bertz CT molecular complexity index is 361. The maximum absolute atomic E-state index is 11.5. The predicted molar refractivity (Wildman–Crippen MR) is 57.9 cm³/mol. The van der Waals surface area contributed by atoms with Gasteiger partial charge in [0.2, 0.25) is 0 Å². The SMILES string of the molecule is Cc1c[nH]c(C2(C(=O)O)CCCCC2)c1. The molecule has 1 aliphatic rings. The third-order valence-electron chi connectivity index (χ3n) is 3.46. The lowest BCUT2D eigenvalue weighted by Gasteiger charge is -2.32. The predicted octanol–water partition coefficient (Wildman–Crippen LogP) is 2.61. The summed E-state index contributed by atoms with van der Waals surface area (Å²) >= 11 is 0. The summed E-state index contributed by atoms with van der Waals surface area (Å²) in [6, 6.07) is 1.97. The Hall–Kier alpha value is -1.25. The van der Waals surface area contributed by atoms with Gasteiger partial charge in [-0.1, -0.05) is 19.3 Å². The fourth-order valence-electron chi connectivity index (χ4n) is 2.53. The van der Waals surface area contributed by atoms with Crippen molar-refractivity contribution in [3.63, 3.8) is 0 Å². The molecular weight excluding hydrogens is 190 g/mol. The van der Waals surface area contributed by atoms with E-state index in [1.54, 1.807) is 0 Å². The number of carboxylic acids is 1. The minimum atomic E-state index is -0.677. The van der Waals surface area contributed by atoms with Crippen molar-refractivity contribution >= 4 is 5.97 Å². The second-order valence-corrected chi connectivity index (χ2v) is 4.54. The zero-order chi connectivity index (χ0) is 10.9. The van der Waals surface area contributed by atoms with Crippen molar-refractivity contribution in [3.8, 4) is 0 Å². The molecule has 2 rings (SSSR count). The molecule has 2 N–H and O–H groups in total. The van der Waals surface area contributed by atoms with Crippen molar-refractivity contribution in [2.75, 3.05) is 0 Å². The van der Waals surface area contributed by atoms with Gasteiger partial charge in [-0.15, -0.1) is 0 Å². The largest absolute Gasteiger partial charge is 0.481 e. The molecule has 0 saturated heterocycles. The van der Waals surface area contributed by atoms with Gasteiger partial charge in [0.15, 0.2) is 0 Å². The molecule has 0 aromatic carbocycles. The van der Waals surface area contributed by atoms with Crippen LogP contribution in [0.25, 0.3) is 0 Å². The Morgan fingerprint density at radius 1 is 1.40 bits per heavy atom. The molecule has 1 aromatic rings. The van der Waals surface area contributed by atoms with E-state index in [4.69, 9.17) is 0 Å². The highest BCUT2D eigenvalue weighted by Crippen LogP contribution is 2.39. The van der Waals surface area contributed by atoms with Crippen LogP contribution in [0, 0.1) is 6.92 Å². The van der Waals surface area contributed by atoms with Crippen molar-refractivity contribution in [2.24, 2.45) is 0 Å². The van der Waals surface area contributed by atoms with Crippen LogP contribution in [0.4, 0.5) is 0 Å². The summed E-state index contributed by atoms with van der Waals surface area (Å²) in [7, 11) is 0. The van der Waals surface area contributed by atoms with Crippen molar-refractivity contribution in [1.29, 1.82) is 0 Å². The average Bonchev–Trinajstić information content (AvgIpc) is 2.66. The van der Waals surface area contributed by atoms with E-state index in [2.05, 4.69) is 4.98 Å². The zero-order valence-corrected chi connectivity index (χ0v) is 9.05. The van der Waals surface area contributed by atoms with E-state index in [1.165, 1.54) is 0 Å². The average molecular weight is 207 g/mol. The van der Waals surface area contributed by atoms with E-state index in [0.29, 0.717) is 0 Å². The summed E-state index contributed by atoms with van der Waals surface area (Å²) in [6.45, 7) is 1.98. The van der Waals surface area contributed by atoms with Gasteiger partial charge >= 0.3 is 5.97 Å². The van der Waals surface area contributed by atoms with Crippen LogP contribution in [0.1, 0.15) is 43.4 Å². The molecule has 0 bridgehead atoms. The number of aromatic nitrogens is 1. The third-order valence-corrected chi connectivity index (χ3v) is 3.46. The Labute approximate surface area is 89.5 Å². The normalized spacial score (nSPS) is 20.1. The van der Waals surface area contributed by atoms with Crippen LogP contribution in [-0.2, 0) is 10.2 Å². The lowest BCUT2D eigenvalue weighted by atomic mass is 9.72. The number of aliphatic carboxylic acids is 1. The molecule has 1 aromatic heterocycles. The first kappa shape index (κ1) is 10.3. The first-order valence-corrected chi connectivity index (χ1v) is 5.54. The van der Waals surface area contributed by atoms with Crippen molar-refractivity contribution in [3.05, 3.63) is 23.5 Å². The second kappa shape index (κ2) is 3.72. The lowest BCUT2D eigenvalue weighted by Crippen LogP contribution is -2.38. The summed E-state index contributed by atoms with van der Waals surface area (Å²) in [5.41, 5.74) is 1.34. The number of aryl methyl sites for hydroxylation is 1. The number of rotatable bonds is 2. The minimum Gasteiger partial charge on any atom is -0.481 e. The van der Waals surface area contributed by atoms with E-state index in [1.807, 2.05) is 19.2 Å². The zero-order valence-electron chi connectivity index (χ0n) is 9.05. The number of hydrogen-bond acceptors (Lipinski definition) is 1. The van der Waals surface area contributed by atoms with Gasteiger partial charge in [0, 0.05) is 11.9 Å². The highest BCUT2D eigenvalue weighted by atomic mass is 16.4. The van der Waals surface area contributed by atoms with E-state index in [-0.39, 0.29) is 0 Å². The van der Waals surface area contributed by atoms with Crippen LogP contribution in [0.15, 0.2) is 12.3 Å². The molecule has 3 heteroatoms. The second-order valence-electron chi connectivity index (χ2n) is 4.54. The van der Waals surface area contributed by atoms with Gasteiger partial charge < -0.3 is 10.1 Å². The topological polar surface area (TPSA) is 53.1 Å². The van der Waals surface area contributed by atoms with Crippen molar-refractivity contribution < 1.29 is 9.90 Å². The molecule has 0 atom stereocenters. The van der Waals surface area contributed by atoms with Crippen LogP contribution in [0.5, 0.6) is 0 Å². The highest BCUT2D eigenvalue weighted by molar-refractivity contribution is 5.81. The smallest absolute Gasteiger partial charge is 0.315 e. The van der Waals surface area contributed by atoms with Crippen LogP contribution >= 0.6 is 0 Å². The van der Waals surface area contributed by atoms with Gasteiger partial charge in [0.25, 0.3) is 0 Å². The van der Waals surface area contributed by atoms with E-state index < -0.39 is 11.4 Å². The number of hydrogen-bond donors (Lipinski definition) is 2. The Morgan fingerprint density at radius 3 is 2.53 bits per heavy atom. The molecule has 15 heavy (non-hydrogen) atoms. The van der Waals surface area contributed by atoms with E-state index in [0.717, 1.165) is 43.4 Å². The number of carboxylic acid groups (broad SMARTS) is 1. The van der Waals surface area contributed by atoms with Crippen LogP contribution < -0.4 is 0 Å². The molecule has 82 valence electrons. The molecular formula is C12H17NO2. The molecule has 0 aliphatic heterocycles. The molecule has 0 radical (unpaired) electrons. The van der Waals surface area contributed by atoms with Crippen molar-refractivity contribution in [2.45, 2.75) is 44.4 Å². The van der Waals surface area contributed by atoms with Gasteiger partial charge in [0.05, 0.1) is 0 Å². The number of H-pyrrole nitrogens is 1. The van der Waals surface area contributed by atoms with Gasteiger partial charge in [-0.3, -0.25) is 4.79 Å². The summed E-state index contributed by atoms with van der Waals surface area (Å²) in [5.74, 6) is -0.677. The summed E-state index contributed by atoms with van der Waals surface area (Å²) in [4.78, 5) is 14.6. The van der Waals surface area contributed by atoms with Gasteiger partial charge in [-0.2, -0.15) is 0 Å². The third kappa shape index (κ3) is 1.66. The van der Waals surface area contributed by atoms with Crippen LogP contribution in [0.3, 0.4) is 0 Å². The quantitative estimate of drug-likeness (QED) is 0.783. The highest BCUT2D eigenvalue weighted by Gasteiger charge is 2.42. The molecule has 1 fully saturated rings. The van der Waals surface area contributed by atoms with Gasteiger partial charge in [-0.25, -0.2) is 0 Å². The molecule has 3 nitrogen and oxygen atoms in total. The minimum absolute atomic E-state index is 0.646. The molecule has 1 aliphatic carbocycles. The fourth-order valence-corrected chi connectivity index (χ4v) is 2.53. The lowest BCUT2D eigenvalue weighted by molar-refractivity contribution is -0.145. The number of carbonyl (C=O) groups is 1. The summed E-state index contributed by atoms with van der Waals surface area (Å²) in [6.07, 6.45) is 6.61. The number of nitrogens with one attached hydrogen (secondary N) is 1. The van der Waals surface area contributed by atoms with Gasteiger partial charge in [-0.05, 0) is 31.4 Å². The van der Waals surface area contributed by atoms with E-state index >= 15 is 0 Å². The Balaban J connectivity index is 2.37. The Morgan fingerprint density at radius 2 is 2.07 bits per heavy atom. The Kier molecular flexibility index (Phi) is 2.55. The molecule has 0 unspecified atom stereocenters. The summed E-state index contributed by atoms with van der Waals surface area (Å²) in [5, 5.41) is 9.43. The number of aromatic amines is 1. The van der Waals surface area contributed by atoms with Crippen molar-refractivity contribution in [1.82, 2.24) is 4.98 Å². The molecule has 1 heterocycles. The molecule has 1 saturated carbocycles. The fraction of sp³-hybridized carbons (Fsp3) is 0.583. The molecule has 0 spiro atoms.